The van der Waals surface area contributed by atoms with Gasteiger partial charge in [0.1, 0.15) is 0 Å². The van der Waals surface area contributed by atoms with E-state index >= 15 is 0 Å². The molecule has 2 N–H and O–H groups in total. The van der Waals surface area contributed by atoms with Crippen LogP contribution in [0.3, 0.4) is 0 Å². The predicted octanol–water partition coefficient (Wildman–Crippen LogP) is 5.27. The van der Waals surface area contributed by atoms with Crippen LogP contribution in [0.15, 0.2) is 48.5 Å². The molecule has 0 aliphatic carbocycles. The van der Waals surface area contributed by atoms with Gasteiger partial charge in [-0.3, -0.25) is 14.5 Å². The average molecular weight is 663 g/mol. The first-order valence-electron chi connectivity index (χ1n) is 15.3. The fourth-order valence-corrected chi connectivity index (χ4v) is 6.79. The summed E-state index contributed by atoms with van der Waals surface area (Å²) in [5.41, 5.74) is 6.26. The molecule has 2 aromatic heterocycles. The molecule has 0 unspecified atom stereocenters. The van der Waals surface area contributed by atoms with Crippen molar-refractivity contribution in [2.24, 2.45) is 13.0 Å². The Hall–Kier alpha value is -3.96. The summed E-state index contributed by atoms with van der Waals surface area (Å²) in [6.07, 6.45) is 0.844. The molecule has 1 fully saturated rings. The van der Waals surface area contributed by atoms with E-state index in [0.717, 1.165) is 48.6 Å². The Bertz CT molecular complexity index is 1800. The van der Waals surface area contributed by atoms with Crippen molar-refractivity contribution in [1.82, 2.24) is 29.7 Å². The summed E-state index contributed by atoms with van der Waals surface area (Å²) in [5, 5.41) is 6.71. The first-order valence-corrected chi connectivity index (χ1v) is 16.0. The van der Waals surface area contributed by atoms with Gasteiger partial charge in [0, 0.05) is 93.5 Å². The number of nitrogens with zero attached hydrogens (tertiary/aromatic N) is 5. The van der Waals surface area contributed by atoms with E-state index in [0.29, 0.717) is 69.8 Å². The third kappa shape index (κ3) is 6.48. The zero-order valence-corrected chi connectivity index (χ0v) is 27.9. The molecule has 6 rings (SSSR count). The summed E-state index contributed by atoms with van der Waals surface area (Å²) in [6.45, 7) is 6.38. The smallest absolute Gasteiger partial charge is 0.291 e. The maximum absolute atomic E-state index is 13.4. The van der Waals surface area contributed by atoms with Crippen LogP contribution < -0.4 is 15.4 Å². The van der Waals surface area contributed by atoms with E-state index < -0.39 is 0 Å². The number of likely N-dealkylation sites (N-methyl/N-ethyl adjacent to an activating group) is 1. The molecule has 1 saturated heterocycles. The number of rotatable bonds is 9. The number of aromatic nitrogens is 3. The Morgan fingerprint density at radius 3 is 2.43 bits per heavy atom. The lowest BCUT2D eigenvalue weighted by Gasteiger charge is -2.39. The maximum atomic E-state index is 13.4. The van der Waals surface area contributed by atoms with Crippen molar-refractivity contribution in [2.75, 3.05) is 45.7 Å². The maximum Gasteiger partial charge on any atom is 0.291 e. The van der Waals surface area contributed by atoms with Crippen LogP contribution in [0.1, 0.15) is 34.5 Å². The summed E-state index contributed by atoms with van der Waals surface area (Å²) in [5.74, 6) is 1.01. The zero-order valence-electron chi connectivity index (χ0n) is 26.4. The molecule has 0 radical (unpaired) electrons. The molecule has 0 atom stereocenters. The lowest BCUT2D eigenvalue weighted by Crippen LogP contribution is -2.50. The van der Waals surface area contributed by atoms with E-state index in [9.17, 15) is 9.59 Å². The molecule has 2 aromatic carbocycles. The van der Waals surface area contributed by atoms with Crippen molar-refractivity contribution in [1.29, 1.82) is 0 Å². The van der Waals surface area contributed by atoms with Gasteiger partial charge >= 0.3 is 0 Å². The highest BCUT2D eigenvalue weighted by molar-refractivity contribution is 6.39. The van der Waals surface area contributed by atoms with E-state index in [1.165, 1.54) is 6.92 Å². The fourth-order valence-electron chi connectivity index (χ4n) is 6.19. The number of hydrogen-bond acceptors (Lipinski definition) is 7. The lowest BCUT2D eigenvalue weighted by atomic mass is 9.98. The van der Waals surface area contributed by atoms with Gasteiger partial charge in [0.05, 0.1) is 34.2 Å². The van der Waals surface area contributed by atoms with E-state index in [2.05, 4.69) is 25.4 Å². The van der Waals surface area contributed by atoms with Crippen molar-refractivity contribution in [3.63, 3.8) is 0 Å². The number of nitrogens with one attached hydrogen (secondary N) is 2. The van der Waals surface area contributed by atoms with Crippen molar-refractivity contribution < 1.29 is 14.3 Å². The number of methoxy groups -OCH3 is 1. The minimum atomic E-state index is -0.323. The predicted molar refractivity (Wildman–Crippen MR) is 180 cm³/mol. The Morgan fingerprint density at radius 1 is 0.978 bits per heavy atom. The molecule has 0 saturated carbocycles. The van der Waals surface area contributed by atoms with Crippen LogP contribution >= 0.6 is 23.2 Å². The first-order chi connectivity index (χ1) is 22.1. The highest BCUT2D eigenvalue weighted by Gasteiger charge is 2.28. The van der Waals surface area contributed by atoms with Crippen LogP contribution in [0.5, 0.6) is 5.88 Å². The number of imidazole rings is 1. The normalized spacial score (nSPS) is 15.3. The summed E-state index contributed by atoms with van der Waals surface area (Å²) in [4.78, 5) is 38.5. The Balaban J connectivity index is 1.21. The van der Waals surface area contributed by atoms with Gasteiger partial charge in [-0.15, -0.1) is 0 Å². The number of carbonyl (C=O) groups excluding carboxylic acids is 2. The van der Waals surface area contributed by atoms with E-state index in [4.69, 9.17) is 32.9 Å². The monoisotopic (exact) mass is 661 g/mol. The average Bonchev–Trinajstić information content (AvgIpc) is 3.34. The van der Waals surface area contributed by atoms with Crippen LogP contribution in [-0.4, -0.2) is 76.5 Å². The second-order valence-corrected chi connectivity index (χ2v) is 12.8. The second-order valence-electron chi connectivity index (χ2n) is 12.0. The van der Waals surface area contributed by atoms with Gasteiger partial charge < -0.3 is 24.8 Å². The van der Waals surface area contributed by atoms with Gasteiger partial charge in [0.15, 0.2) is 5.82 Å². The third-order valence-corrected chi connectivity index (χ3v) is 9.47. The molecule has 4 aromatic rings. The summed E-state index contributed by atoms with van der Waals surface area (Å²) in [6, 6.07) is 15.2. The molecule has 10 nitrogen and oxygen atoms in total. The number of benzene rings is 2. The number of hydrogen-bond donors (Lipinski definition) is 2. The fraction of sp³-hybridized carbons (Fsp3) is 0.353. The highest BCUT2D eigenvalue weighted by Crippen LogP contribution is 2.41. The molecular weight excluding hydrogens is 625 g/mol. The lowest BCUT2D eigenvalue weighted by molar-refractivity contribution is -0.119. The van der Waals surface area contributed by atoms with Crippen LogP contribution in [-0.2, 0) is 31.4 Å². The molecule has 240 valence electrons. The van der Waals surface area contributed by atoms with Gasteiger partial charge in [-0.25, -0.2) is 9.97 Å². The van der Waals surface area contributed by atoms with Gasteiger partial charge in [0.25, 0.3) is 5.91 Å². The van der Waals surface area contributed by atoms with E-state index in [-0.39, 0.29) is 11.8 Å². The minimum Gasteiger partial charge on any atom is -0.481 e. The molecule has 2 aliphatic rings. The summed E-state index contributed by atoms with van der Waals surface area (Å²) >= 11 is 13.9. The summed E-state index contributed by atoms with van der Waals surface area (Å²) in [7, 11) is 5.54. The van der Waals surface area contributed by atoms with Crippen molar-refractivity contribution in [3.05, 3.63) is 81.4 Å². The Kier molecular flexibility index (Phi) is 9.33. The topological polar surface area (TPSA) is 105 Å². The Labute approximate surface area is 278 Å². The molecule has 2 aliphatic heterocycles. The van der Waals surface area contributed by atoms with E-state index in [1.54, 1.807) is 13.2 Å². The molecule has 0 spiro atoms. The number of halogens is 2. The van der Waals surface area contributed by atoms with Gasteiger partial charge in [0.2, 0.25) is 11.8 Å². The zero-order chi connectivity index (χ0) is 32.5. The van der Waals surface area contributed by atoms with Crippen LogP contribution in [0.2, 0.25) is 10.0 Å². The molecule has 0 bridgehead atoms. The largest absolute Gasteiger partial charge is 0.481 e. The van der Waals surface area contributed by atoms with Crippen LogP contribution in [0.25, 0.3) is 22.4 Å². The quantitative estimate of drug-likeness (QED) is 0.252. The van der Waals surface area contributed by atoms with Gasteiger partial charge in [-0.05, 0) is 19.2 Å². The minimum absolute atomic E-state index is 0.00351. The summed E-state index contributed by atoms with van der Waals surface area (Å²) < 4.78 is 7.55. The Morgan fingerprint density at radius 2 is 1.70 bits per heavy atom. The van der Waals surface area contributed by atoms with E-state index in [1.807, 2.05) is 61.1 Å². The number of pyridine rings is 1. The number of ether oxygens (including phenoxy) is 1. The van der Waals surface area contributed by atoms with Crippen molar-refractivity contribution in [2.45, 2.75) is 26.4 Å². The molecular formula is C34H37Cl2N7O3. The number of fused-ring (bicyclic) bond motifs is 1. The number of carbonyl (C=O) groups is 2. The molecule has 12 heteroatoms. The molecule has 4 heterocycles. The number of amides is 2. The SMILES string of the molecule is COc1nc(-c2cccc(-c3cccc(NC(=O)c4nc5c(n4C)CCN(C)C5)c3Cl)c2Cl)ccc1CN1CC(CNC(C)=O)C1. The third-order valence-electron chi connectivity index (χ3n) is 8.66. The number of anilines is 1. The number of likely N-dealkylation sites (tertiary alicyclic amines) is 1. The van der Waals surface area contributed by atoms with Crippen LogP contribution in [0.4, 0.5) is 5.69 Å². The molecule has 2 amide bonds. The molecule has 46 heavy (non-hydrogen) atoms. The second kappa shape index (κ2) is 13.4. The first kappa shape index (κ1) is 32.0. The van der Waals surface area contributed by atoms with Crippen molar-refractivity contribution >= 4 is 40.7 Å². The van der Waals surface area contributed by atoms with Crippen LogP contribution in [0, 0.1) is 5.92 Å². The van der Waals surface area contributed by atoms with Gasteiger partial charge in [-0.2, -0.15) is 0 Å². The van der Waals surface area contributed by atoms with Gasteiger partial charge in [-0.1, -0.05) is 59.6 Å². The van der Waals surface area contributed by atoms with Crippen molar-refractivity contribution in [3.8, 4) is 28.3 Å². The highest BCUT2D eigenvalue weighted by atomic mass is 35.5. The standard InChI is InChI=1S/C34H37Cl2N7O3/c1-20(44)37-15-21-16-43(17-21)18-22-11-12-26(40-34(22)46-4)25-9-5-7-23(30(25)35)24-8-6-10-27(31(24)36)39-33(45)32-38-28-19-41(2)14-13-29(28)42(32)3/h5-12,21H,13-19H2,1-4H3,(H,37,44)(H,39,45).